The first kappa shape index (κ1) is 9.59. The smallest absolute Gasteiger partial charge is 0.136 e. The van der Waals surface area contributed by atoms with E-state index in [1.54, 1.807) is 0 Å². The average Bonchev–Trinajstić information content (AvgIpc) is 2.88. The molecule has 1 fully saturated rings. The van der Waals surface area contributed by atoms with Gasteiger partial charge in [-0.15, -0.1) is 0 Å². The maximum Gasteiger partial charge on any atom is 0.136 e. The summed E-state index contributed by atoms with van der Waals surface area (Å²) in [5.74, 6) is 1.59. The SMILES string of the molecule is Clc1nc(C2CCCC2)nc2c1CCC2. The van der Waals surface area contributed by atoms with Gasteiger partial charge in [-0.05, 0) is 32.1 Å². The van der Waals surface area contributed by atoms with Crippen molar-refractivity contribution in [3.8, 4) is 0 Å². The van der Waals surface area contributed by atoms with Crippen LogP contribution in [0.2, 0.25) is 5.15 Å². The molecule has 0 bridgehead atoms. The minimum atomic E-state index is 0.577. The zero-order valence-electron chi connectivity index (χ0n) is 8.80. The number of halogens is 1. The highest BCUT2D eigenvalue weighted by Crippen LogP contribution is 2.34. The number of hydrogen-bond donors (Lipinski definition) is 0. The van der Waals surface area contributed by atoms with Crippen LogP contribution in [-0.4, -0.2) is 9.97 Å². The monoisotopic (exact) mass is 222 g/mol. The predicted octanol–water partition coefficient (Wildman–Crippen LogP) is 3.28. The second kappa shape index (κ2) is 3.75. The first-order chi connectivity index (χ1) is 7.34. The van der Waals surface area contributed by atoms with Crippen molar-refractivity contribution in [1.82, 2.24) is 9.97 Å². The number of rotatable bonds is 1. The first-order valence-electron chi connectivity index (χ1n) is 5.90. The van der Waals surface area contributed by atoms with Crippen molar-refractivity contribution >= 4 is 11.6 Å². The van der Waals surface area contributed by atoms with Crippen LogP contribution >= 0.6 is 11.6 Å². The standard InChI is InChI=1S/C12H15ClN2/c13-11-9-6-3-7-10(9)14-12(15-11)8-4-1-2-5-8/h8H,1-7H2. The third-order valence-corrected chi connectivity index (χ3v) is 3.93. The summed E-state index contributed by atoms with van der Waals surface area (Å²) in [6.07, 6.45) is 8.49. The molecule has 1 aromatic heterocycles. The van der Waals surface area contributed by atoms with Crippen LogP contribution in [0.15, 0.2) is 0 Å². The van der Waals surface area contributed by atoms with Crippen molar-refractivity contribution < 1.29 is 0 Å². The molecule has 3 rings (SSSR count). The third kappa shape index (κ3) is 1.65. The topological polar surface area (TPSA) is 25.8 Å². The minimum Gasteiger partial charge on any atom is -0.237 e. The summed E-state index contributed by atoms with van der Waals surface area (Å²) < 4.78 is 0. The Labute approximate surface area is 95.1 Å². The fourth-order valence-electron chi connectivity index (χ4n) is 2.77. The lowest BCUT2D eigenvalue weighted by atomic mass is 10.1. The van der Waals surface area contributed by atoms with Gasteiger partial charge in [-0.1, -0.05) is 24.4 Å². The van der Waals surface area contributed by atoms with Gasteiger partial charge in [0.25, 0.3) is 0 Å². The van der Waals surface area contributed by atoms with Gasteiger partial charge in [0, 0.05) is 17.2 Å². The summed E-state index contributed by atoms with van der Waals surface area (Å²) in [5.41, 5.74) is 2.43. The zero-order chi connectivity index (χ0) is 10.3. The quantitative estimate of drug-likeness (QED) is 0.682. The lowest BCUT2D eigenvalue weighted by Crippen LogP contribution is -2.04. The number of nitrogens with zero attached hydrogens (tertiary/aromatic N) is 2. The zero-order valence-corrected chi connectivity index (χ0v) is 9.56. The van der Waals surface area contributed by atoms with Crippen molar-refractivity contribution in [3.05, 3.63) is 22.2 Å². The van der Waals surface area contributed by atoms with Crippen molar-refractivity contribution in [2.45, 2.75) is 50.9 Å². The van der Waals surface area contributed by atoms with Gasteiger partial charge < -0.3 is 0 Å². The van der Waals surface area contributed by atoms with Gasteiger partial charge in [0.05, 0.1) is 0 Å². The van der Waals surface area contributed by atoms with Gasteiger partial charge in [-0.25, -0.2) is 9.97 Å². The van der Waals surface area contributed by atoms with E-state index in [1.165, 1.54) is 43.4 Å². The molecule has 3 heteroatoms. The van der Waals surface area contributed by atoms with Crippen LogP contribution < -0.4 is 0 Å². The molecule has 80 valence electrons. The van der Waals surface area contributed by atoms with Gasteiger partial charge >= 0.3 is 0 Å². The Morgan fingerprint density at radius 3 is 2.60 bits per heavy atom. The number of fused-ring (bicyclic) bond motifs is 1. The number of hydrogen-bond acceptors (Lipinski definition) is 2. The predicted molar refractivity (Wildman–Crippen MR) is 60.3 cm³/mol. The Hall–Kier alpha value is -0.630. The lowest BCUT2D eigenvalue weighted by molar-refractivity contribution is 0.661. The van der Waals surface area contributed by atoms with E-state index in [4.69, 9.17) is 16.6 Å². The summed E-state index contributed by atoms with van der Waals surface area (Å²) >= 11 is 6.20. The molecular weight excluding hydrogens is 208 g/mol. The Morgan fingerprint density at radius 2 is 1.80 bits per heavy atom. The van der Waals surface area contributed by atoms with Crippen LogP contribution in [0.3, 0.4) is 0 Å². The van der Waals surface area contributed by atoms with Crippen LogP contribution in [0.5, 0.6) is 0 Å². The third-order valence-electron chi connectivity index (χ3n) is 3.62. The van der Waals surface area contributed by atoms with E-state index >= 15 is 0 Å². The molecule has 0 N–H and O–H groups in total. The summed E-state index contributed by atoms with van der Waals surface area (Å²) in [6, 6.07) is 0. The number of aryl methyl sites for hydroxylation is 1. The molecule has 1 heterocycles. The summed E-state index contributed by atoms with van der Waals surface area (Å²) in [5, 5.41) is 0.722. The molecule has 0 amide bonds. The molecule has 1 aromatic rings. The Kier molecular flexibility index (Phi) is 2.39. The Bertz CT molecular complexity index is 383. The van der Waals surface area contributed by atoms with Gasteiger partial charge in [0.1, 0.15) is 11.0 Å². The van der Waals surface area contributed by atoms with Gasteiger partial charge in [0.2, 0.25) is 0 Å². The van der Waals surface area contributed by atoms with Crippen LogP contribution in [0.4, 0.5) is 0 Å². The Morgan fingerprint density at radius 1 is 1.00 bits per heavy atom. The van der Waals surface area contributed by atoms with Crippen LogP contribution in [0.25, 0.3) is 0 Å². The van der Waals surface area contributed by atoms with Gasteiger partial charge in [-0.3, -0.25) is 0 Å². The molecule has 15 heavy (non-hydrogen) atoms. The Balaban J connectivity index is 1.99. The fourth-order valence-corrected chi connectivity index (χ4v) is 3.06. The summed E-state index contributed by atoms with van der Waals surface area (Å²) in [6.45, 7) is 0. The maximum absolute atomic E-state index is 6.20. The van der Waals surface area contributed by atoms with Crippen LogP contribution in [0.1, 0.15) is 55.1 Å². The van der Waals surface area contributed by atoms with Crippen molar-refractivity contribution in [2.24, 2.45) is 0 Å². The van der Waals surface area contributed by atoms with E-state index in [2.05, 4.69) is 4.98 Å². The highest BCUT2D eigenvalue weighted by Gasteiger charge is 2.24. The van der Waals surface area contributed by atoms with Crippen molar-refractivity contribution in [3.63, 3.8) is 0 Å². The molecule has 0 aliphatic heterocycles. The number of aromatic nitrogens is 2. The largest absolute Gasteiger partial charge is 0.237 e. The lowest BCUT2D eigenvalue weighted by Gasteiger charge is -2.10. The highest BCUT2D eigenvalue weighted by molar-refractivity contribution is 6.30. The highest BCUT2D eigenvalue weighted by atomic mass is 35.5. The fraction of sp³-hybridized carbons (Fsp3) is 0.667. The van der Waals surface area contributed by atoms with Gasteiger partial charge in [-0.2, -0.15) is 0 Å². The minimum absolute atomic E-state index is 0.577. The molecule has 0 atom stereocenters. The molecule has 0 radical (unpaired) electrons. The van der Waals surface area contributed by atoms with Crippen LogP contribution in [-0.2, 0) is 12.8 Å². The molecular formula is C12H15ClN2. The maximum atomic E-state index is 6.20. The van der Waals surface area contributed by atoms with E-state index in [1.807, 2.05) is 0 Å². The molecule has 0 saturated heterocycles. The van der Waals surface area contributed by atoms with E-state index in [0.717, 1.165) is 23.8 Å². The van der Waals surface area contributed by atoms with E-state index in [0.29, 0.717) is 5.92 Å². The molecule has 1 saturated carbocycles. The molecule has 0 spiro atoms. The second-order valence-corrected chi connectivity index (χ2v) is 4.99. The van der Waals surface area contributed by atoms with Crippen molar-refractivity contribution in [2.75, 3.05) is 0 Å². The van der Waals surface area contributed by atoms with E-state index in [9.17, 15) is 0 Å². The van der Waals surface area contributed by atoms with Gasteiger partial charge in [0.15, 0.2) is 0 Å². The molecule has 2 aliphatic rings. The molecule has 2 nitrogen and oxygen atoms in total. The molecule has 2 aliphatic carbocycles. The molecule has 0 aromatic carbocycles. The van der Waals surface area contributed by atoms with Crippen LogP contribution in [0, 0.1) is 0 Å². The van der Waals surface area contributed by atoms with E-state index in [-0.39, 0.29) is 0 Å². The van der Waals surface area contributed by atoms with E-state index < -0.39 is 0 Å². The molecule has 0 unspecified atom stereocenters. The summed E-state index contributed by atoms with van der Waals surface area (Å²) in [4.78, 5) is 9.18. The normalized spacial score (nSPS) is 20.9. The average molecular weight is 223 g/mol. The summed E-state index contributed by atoms with van der Waals surface area (Å²) in [7, 11) is 0. The second-order valence-electron chi connectivity index (χ2n) is 4.63. The first-order valence-corrected chi connectivity index (χ1v) is 6.27. The van der Waals surface area contributed by atoms with Crippen molar-refractivity contribution in [1.29, 1.82) is 0 Å².